The first-order valence-electron chi connectivity index (χ1n) is 7.47. The van der Waals surface area contributed by atoms with Gasteiger partial charge in [0.2, 0.25) is 0 Å². The van der Waals surface area contributed by atoms with E-state index in [1.165, 1.54) is 39.3 Å². The minimum atomic E-state index is 0.702. The first-order valence-corrected chi connectivity index (χ1v) is 7.47. The average Bonchev–Trinajstić information content (AvgIpc) is 2.86. The molecule has 4 nitrogen and oxygen atoms in total. The fourth-order valence-electron chi connectivity index (χ4n) is 3.24. The summed E-state index contributed by atoms with van der Waals surface area (Å²) in [5, 5.41) is 0. The molecule has 106 valence electrons. The summed E-state index contributed by atoms with van der Waals surface area (Å²) < 4.78 is 5.83. The van der Waals surface area contributed by atoms with Crippen LogP contribution in [0.15, 0.2) is 16.5 Å². The van der Waals surface area contributed by atoms with E-state index in [1.54, 1.807) is 0 Å². The Hall–Kier alpha value is -0.840. The number of aryl methyl sites for hydroxylation is 1. The Kier molecular flexibility index (Phi) is 3.91. The van der Waals surface area contributed by atoms with E-state index >= 15 is 0 Å². The van der Waals surface area contributed by atoms with Gasteiger partial charge in [-0.05, 0) is 19.2 Å². The smallest absolute Gasteiger partial charge is 0.118 e. The van der Waals surface area contributed by atoms with Gasteiger partial charge in [0.05, 0.1) is 6.54 Å². The molecular formula is C15H25N3O. The molecule has 0 N–H and O–H groups in total. The van der Waals surface area contributed by atoms with Crippen molar-refractivity contribution in [2.24, 2.45) is 0 Å². The van der Waals surface area contributed by atoms with Crippen molar-refractivity contribution in [2.45, 2.75) is 25.9 Å². The predicted molar refractivity (Wildman–Crippen MR) is 76.2 cm³/mol. The second-order valence-corrected chi connectivity index (χ2v) is 5.91. The number of piperazine rings is 2. The average molecular weight is 263 g/mol. The van der Waals surface area contributed by atoms with Crippen LogP contribution in [0.1, 0.15) is 18.4 Å². The van der Waals surface area contributed by atoms with Crippen LogP contribution < -0.4 is 0 Å². The van der Waals surface area contributed by atoms with Crippen molar-refractivity contribution < 1.29 is 4.42 Å². The van der Waals surface area contributed by atoms with E-state index in [9.17, 15) is 0 Å². The van der Waals surface area contributed by atoms with Crippen molar-refractivity contribution in [3.8, 4) is 0 Å². The Morgan fingerprint density at radius 1 is 1.11 bits per heavy atom. The van der Waals surface area contributed by atoms with Gasteiger partial charge in [-0.2, -0.15) is 0 Å². The number of hydrogen-bond acceptors (Lipinski definition) is 4. The third-order valence-corrected chi connectivity index (χ3v) is 4.43. The zero-order valence-electron chi connectivity index (χ0n) is 12.1. The van der Waals surface area contributed by atoms with Crippen molar-refractivity contribution in [3.05, 3.63) is 23.7 Å². The Morgan fingerprint density at radius 2 is 1.89 bits per heavy atom. The van der Waals surface area contributed by atoms with Gasteiger partial charge in [0.25, 0.3) is 0 Å². The summed E-state index contributed by atoms with van der Waals surface area (Å²) in [6, 6.07) is 4.95. The van der Waals surface area contributed by atoms with Gasteiger partial charge >= 0.3 is 0 Å². The van der Waals surface area contributed by atoms with Crippen molar-refractivity contribution in [2.75, 3.05) is 46.3 Å². The van der Waals surface area contributed by atoms with Crippen LogP contribution in [0.25, 0.3) is 0 Å². The summed E-state index contributed by atoms with van der Waals surface area (Å²) in [6.07, 6.45) is 0.987. The Morgan fingerprint density at radius 3 is 2.68 bits per heavy atom. The van der Waals surface area contributed by atoms with E-state index in [-0.39, 0.29) is 0 Å². The monoisotopic (exact) mass is 263 g/mol. The van der Waals surface area contributed by atoms with Crippen LogP contribution in [0.4, 0.5) is 0 Å². The van der Waals surface area contributed by atoms with Gasteiger partial charge in [0.15, 0.2) is 0 Å². The highest BCUT2D eigenvalue weighted by atomic mass is 16.3. The van der Waals surface area contributed by atoms with Crippen LogP contribution in [0, 0.1) is 0 Å². The van der Waals surface area contributed by atoms with Crippen molar-refractivity contribution >= 4 is 0 Å². The topological polar surface area (TPSA) is 22.9 Å². The fourth-order valence-corrected chi connectivity index (χ4v) is 3.24. The first-order chi connectivity index (χ1) is 9.24. The third-order valence-electron chi connectivity index (χ3n) is 4.43. The zero-order valence-corrected chi connectivity index (χ0v) is 12.1. The minimum Gasteiger partial charge on any atom is -0.465 e. The van der Waals surface area contributed by atoms with Crippen LogP contribution in [0.3, 0.4) is 0 Å². The second-order valence-electron chi connectivity index (χ2n) is 5.91. The molecule has 1 aromatic rings. The molecule has 0 bridgehead atoms. The molecule has 3 rings (SSSR count). The molecular weight excluding hydrogens is 238 g/mol. The molecule has 2 aliphatic rings. The zero-order chi connectivity index (χ0) is 13.2. The summed E-state index contributed by atoms with van der Waals surface area (Å²) in [5.74, 6) is 2.22. The lowest BCUT2D eigenvalue weighted by Crippen LogP contribution is -2.60. The van der Waals surface area contributed by atoms with Crippen LogP contribution in [0.2, 0.25) is 0 Å². The molecule has 0 amide bonds. The lowest BCUT2D eigenvalue weighted by atomic mass is 10.1. The van der Waals surface area contributed by atoms with Gasteiger partial charge < -0.3 is 9.32 Å². The minimum absolute atomic E-state index is 0.702. The van der Waals surface area contributed by atoms with Crippen LogP contribution in [-0.4, -0.2) is 67.1 Å². The number of likely N-dealkylation sites (N-methyl/N-ethyl adjacent to an activating group) is 1. The summed E-state index contributed by atoms with van der Waals surface area (Å²) >= 11 is 0. The standard InChI is InChI=1S/C15H25N3O/c1-3-14-4-5-15(19-14)12-17-7-9-18-8-6-16(2)10-13(18)11-17/h4-5,13H,3,6-12H2,1-2H3/t13-/m0/s1. The maximum atomic E-state index is 5.83. The number of hydrogen-bond donors (Lipinski definition) is 0. The lowest BCUT2D eigenvalue weighted by molar-refractivity contribution is 0.0153. The van der Waals surface area contributed by atoms with Crippen LogP contribution in [0.5, 0.6) is 0 Å². The first kappa shape index (κ1) is 13.2. The van der Waals surface area contributed by atoms with Crippen molar-refractivity contribution in [3.63, 3.8) is 0 Å². The molecule has 0 saturated carbocycles. The maximum absolute atomic E-state index is 5.83. The summed E-state index contributed by atoms with van der Waals surface area (Å²) in [6.45, 7) is 10.3. The molecule has 0 spiro atoms. The van der Waals surface area contributed by atoms with E-state index < -0.39 is 0 Å². The Bertz CT molecular complexity index is 417. The van der Waals surface area contributed by atoms with E-state index in [2.05, 4.69) is 40.8 Å². The molecule has 1 aromatic heterocycles. The molecule has 4 heteroatoms. The molecule has 2 aliphatic heterocycles. The van der Waals surface area contributed by atoms with E-state index in [1.807, 2.05) is 0 Å². The van der Waals surface area contributed by atoms with Gasteiger partial charge in [0, 0.05) is 51.7 Å². The molecule has 0 aromatic carbocycles. The maximum Gasteiger partial charge on any atom is 0.118 e. The largest absolute Gasteiger partial charge is 0.465 e. The van der Waals surface area contributed by atoms with E-state index in [4.69, 9.17) is 4.42 Å². The van der Waals surface area contributed by atoms with Crippen molar-refractivity contribution in [1.29, 1.82) is 0 Å². The molecule has 3 heterocycles. The molecule has 2 saturated heterocycles. The van der Waals surface area contributed by atoms with Gasteiger partial charge in [-0.3, -0.25) is 9.80 Å². The highest BCUT2D eigenvalue weighted by Crippen LogP contribution is 2.18. The number of nitrogens with zero attached hydrogens (tertiary/aromatic N) is 3. The SMILES string of the molecule is CCc1ccc(CN2CCN3CCN(C)C[C@H]3C2)o1. The Balaban J connectivity index is 1.57. The predicted octanol–water partition coefficient (Wildman–Crippen LogP) is 1.27. The molecule has 0 unspecified atom stereocenters. The van der Waals surface area contributed by atoms with Crippen molar-refractivity contribution in [1.82, 2.24) is 14.7 Å². The van der Waals surface area contributed by atoms with Gasteiger partial charge in [-0.1, -0.05) is 6.92 Å². The summed E-state index contributed by atoms with van der Waals surface area (Å²) in [4.78, 5) is 7.64. The highest BCUT2D eigenvalue weighted by Gasteiger charge is 2.30. The summed E-state index contributed by atoms with van der Waals surface area (Å²) in [7, 11) is 2.23. The van der Waals surface area contributed by atoms with E-state index in [0.29, 0.717) is 6.04 Å². The van der Waals surface area contributed by atoms with Gasteiger partial charge in [-0.15, -0.1) is 0 Å². The molecule has 19 heavy (non-hydrogen) atoms. The van der Waals surface area contributed by atoms with E-state index in [0.717, 1.165) is 24.5 Å². The lowest BCUT2D eigenvalue weighted by Gasteiger charge is -2.46. The van der Waals surface area contributed by atoms with Gasteiger partial charge in [0.1, 0.15) is 11.5 Å². The normalized spacial score (nSPS) is 26.5. The highest BCUT2D eigenvalue weighted by molar-refractivity contribution is 5.07. The number of rotatable bonds is 3. The van der Waals surface area contributed by atoms with Crippen LogP contribution in [-0.2, 0) is 13.0 Å². The number of fused-ring (bicyclic) bond motifs is 1. The fraction of sp³-hybridized carbons (Fsp3) is 0.733. The molecule has 1 atom stereocenters. The molecule has 0 radical (unpaired) electrons. The quantitative estimate of drug-likeness (QED) is 0.819. The Labute approximate surface area is 116 Å². The molecule has 2 fully saturated rings. The summed E-state index contributed by atoms with van der Waals surface area (Å²) in [5.41, 5.74) is 0. The third kappa shape index (κ3) is 3.02. The molecule has 0 aliphatic carbocycles. The second kappa shape index (κ2) is 5.65. The van der Waals surface area contributed by atoms with Gasteiger partial charge in [-0.25, -0.2) is 0 Å². The number of furan rings is 1. The van der Waals surface area contributed by atoms with Crippen LogP contribution >= 0.6 is 0 Å².